The number of aliphatic hydroxyl groups excluding tert-OH is 3. The van der Waals surface area contributed by atoms with Crippen LogP contribution in [0.4, 0.5) is 5.82 Å². The summed E-state index contributed by atoms with van der Waals surface area (Å²) in [4.78, 5) is 26.5. The Kier molecular flexibility index (Phi) is 4.28. The lowest BCUT2D eigenvalue weighted by molar-refractivity contribution is -0.0565. The number of nitrogen functional groups attached to an aromatic ring is 1. The minimum absolute atomic E-state index is 0.0899. The number of rotatable bonds is 4. The van der Waals surface area contributed by atoms with Crippen molar-refractivity contribution in [3.05, 3.63) is 39.1 Å². The van der Waals surface area contributed by atoms with Crippen molar-refractivity contribution in [1.82, 2.24) is 9.55 Å². The highest BCUT2D eigenvalue weighted by Crippen LogP contribution is 2.27. The molecule has 0 aliphatic carbocycles. The van der Waals surface area contributed by atoms with Crippen molar-refractivity contribution in [2.24, 2.45) is 0 Å². The Balaban J connectivity index is 2.55. The normalized spacial score (nSPS) is 28.7. The van der Waals surface area contributed by atoms with Crippen LogP contribution in [-0.4, -0.2) is 49.8 Å². The van der Waals surface area contributed by atoms with E-state index in [2.05, 4.69) is 11.6 Å². The fourth-order valence-electron chi connectivity index (χ4n) is 2.27. The van der Waals surface area contributed by atoms with Crippen molar-refractivity contribution >= 4 is 5.82 Å². The van der Waals surface area contributed by atoms with Crippen LogP contribution < -0.4 is 17.0 Å². The average Bonchev–Trinajstić information content (AvgIpc) is 2.71. The molecule has 0 spiro atoms. The van der Waals surface area contributed by atoms with E-state index in [-0.39, 0.29) is 17.8 Å². The molecule has 1 aliphatic heterocycles. The molecule has 116 valence electrons. The SMILES string of the molecule is C=CCc1c(N)[nH]c(=O)n([C@@H]2O[C@H](CO)[C@@H](O)[C@H]2O)c1=O. The van der Waals surface area contributed by atoms with E-state index >= 15 is 0 Å². The maximum absolute atomic E-state index is 12.3. The van der Waals surface area contributed by atoms with Crippen LogP contribution in [0, 0.1) is 0 Å². The van der Waals surface area contributed by atoms with Crippen molar-refractivity contribution in [1.29, 1.82) is 0 Å². The van der Waals surface area contributed by atoms with E-state index in [0.717, 1.165) is 0 Å². The first kappa shape index (κ1) is 15.4. The topological polar surface area (TPSA) is 151 Å². The summed E-state index contributed by atoms with van der Waals surface area (Å²) in [7, 11) is 0. The van der Waals surface area contributed by atoms with Crippen molar-refractivity contribution in [2.45, 2.75) is 31.0 Å². The molecule has 6 N–H and O–H groups in total. The van der Waals surface area contributed by atoms with Gasteiger partial charge in [-0.15, -0.1) is 6.58 Å². The lowest BCUT2D eigenvalue weighted by atomic mass is 10.1. The van der Waals surface area contributed by atoms with E-state index in [4.69, 9.17) is 15.6 Å². The van der Waals surface area contributed by atoms with Gasteiger partial charge in [-0.05, 0) is 6.42 Å². The first-order valence-electron chi connectivity index (χ1n) is 6.28. The van der Waals surface area contributed by atoms with Gasteiger partial charge < -0.3 is 25.8 Å². The lowest BCUT2D eigenvalue weighted by Gasteiger charge is -2.17. The number of aromatic nitrogens is 2. The predicted octanol–water partition coefficient (Wildman–Crippen LogP) is -2.54. The number of aromatic amines is 1. The Morgan fingerprint density at radius 2 is 2.05 bits per heavy atom. The predicted molar refractivity (Wildman–Crippen MR) is 72.6 cm³/mol. The Morgan fingerprint density at radius 1 is 1.38 bits per heavy atom. The number of nitrogens with zero attached hydrogens (tertiary/aromatic N) is 1. The summed E-state index contributed by atoms with van der Waals surface area (Å²) >= 11 is 0. The zero-order valence-electron chi connectivity index (χ0n) is 11.1. The molecule has 0 amide bonds. The summed E-state index contributed by atoms with van der Waals surface area (Å²) < 4.78 is 5.82. The highest BCUT2D eigenvalue weighted by molar-refractivity contribution is 5.38. The summed E-state index contributed by atoms with van der Waals surface area (Å²) in [6.45, 7) is 2.93. The fourth-order valence-corrected chi connectivity index (χ4v) is 2.27. The van der Waals surface area contributed by atoms with Gasteiger partial charge in [0.1, 0.15) is 24.1 Å². The smallest absolute Gasteiger partial charge is 0.332 e. The zero-order chi connectivity index (χ0) is 15.7. The molecule has 4 atom stereocenters. The minimum Gasteiger partial charge on any atom is -0.394 e. The number of ether oxygens (including phenoxy) is 1. The number of nitrogens with two attached hydrogens (primary N) is 1. The van der Waals surface area contributed by atoms with Crippen molar-refractivity contribution in [3.8, 4) is 0 Å². The average molecular weight is 299 g/mol. The number of aliphatic hydroxyl groups is 3. The van der Waals surface area contributed by atoms with Gasteiger partial charge in [0.15, 0.2) is 6.23 Å². The van der Waals surface area contributed by atoms with Crippen molar-refractivity contribution < 1.29 is 20.1 Å². The Hall–Kier alpha value is -1.94. The quantitative estimate of drug-likeness (QED) is 0.384. The molecule has 1 aliphatic rings. The van der Waals surface area contributed by atoms with Crippen LogP contribution in [0.3, 0.4) is 0 Å². The monoisotopic (exact) mass is 299 g/mol. The molecular formula is C12H17N3O6. The number of hydrogen-bond acceptors (Lipinski definition) is 7. The first-order chi connectivity index (χ1) is 9.92. The Labute approximate surface area is 118 Å². The van der Waals surface area contributed by atoms with Gasteiger partial charge in [-0.3, -0.25) is 9.78 Å². The van der Waals surface area contributed by atoms with Gasteiger partial charge in [0.2, 0.25) is 0 Å². The molecule has 1 saturated heterocycles. The van der Waals surface area contributed by atoms with E-state index in [1.807, 2.05) is 0 Å². The molecule has 2 heterocycles. The van der Waals surface area contributed by atoms with Gasteiger partial charge in [-0.2, -0.15) is 0 Å². The van der Waals surface area contributed by atoms with E-state index < -0.39 is 42.4 Å². The summed E-state index contributed by atoms with van der Waals surface area (Å²) in [5.41, 5.74) is 4.06. The van der Waals surface area contributed by atoms with Crippen LogP contribution in [0.5, 0.6) is 0 Å². The maximum Gasteiger partial charge on any atom is 0.332 e. The second-order valence-electron chi connectivity index (χ2n) is 4.72. The zero-order valence-corrected chi connectivity index (χ0v) is 11.1. The Morgan fingerprint density at radius 3 is 2.57 bits per heavy atom. The van der Waals surface area contributed by atoms with Crippen molar-refractivity contribution in [3.63, 3.8) is 0 Å². The highest BCUT2D eigenvalue weighted by Gasteiger charge is 2.44. The molecule has 9 nitrogen and oxygen atoms in total. The molecule has 0 saturated carbocycles. The minimum atomic E-state index is -1.53. The summed E-state index contributed by atoms with van der Waals surface area (Å²) in [6.07, 6.45) is -3.87. The van der Waals surface area contributed by atoms with Crippen LogP contribution in [0.25, 0.3) is 0 Å². The molecule has 0 bridgehead atoms. The number of H-pyrrole nitrogens is 1. The molecule has 2 rings (SSSR count). The summed E-state index contributed by atoms with van der Waals surface area (Å²) in [6, 6.07) is 0. The second kappa shape index (κ2) is 5.82. The molecule has 1 aromatic rings. The molecular weight excluding hydrogens is 282 g/mol. The van der Waals surface area contributed by atoms with Crippen LogP contribution in [0.15, 0.2) is 22.2 Å². The van der Waals surface area contributed by atoms with Gasteiger partial charge in [-0.25, -0.2) is 9.36 Å². The molecule has 1 aromatic heterocycles. The van der Waals surface area contributed by atoms with Gasteiger partial charge in [-0.1, -0.05) is 6.08 Å². The first-order valence-corrected chi connectivity index (χ1v) is 6.28. The number of allylic oxidation sites excluding steroid dienone is 1. The van der Waals surface area contributed by atoms with E-state index in [1.54, 1.807) is 0 Å². The Bertz CT molecular complexity index is 651. The molecule has 0 radical (unpaired) electrons. The van der Waals surface area contributed by atoms with E-state index in [0.29, 0.717) is 4.57 Å². The van der Waals surface area contributed by atoms with Gasteiger partial charge in [0.05, 0.1) is 12.2 Å². The number of anilines is 1. The third kappa shape index (κ3) is 2.51. The van der Waals surface area contributed by atoms with Crippen molar-refractivity contribution in [2.75, 3.05) is 12.3 Å². The van der Waals surface area contributed by atoms with Crippen LogP contribution in [0.2, 0.25) is 0 Å². The number of hydrogen-bond donors (Lipinski definition) is 5. The molecule has 9 heteroatoms. The molecule has 1 fully saturated rings. The third-order valence-electron chi connectivity index (χ3n) is 3.38. The van der Waals surface area contributed by atoms with E-state index in [1.165, 1.54) is 6.08 Å². The lowest BCUT2D eigenvalue weighted by Crippen LogP contribution is -2.44. The van der Waals surface area contributed by atoms with Crippen LogP contribution >= 0.6 is 0 Å². The number of nitrogens with one attached hydrogen (secondary N) is 1. The van der Waals surface area contributed by atoms with Crippen LogP contribution in [0.1, 0.15) is 11.8 Å². The molecule has 0 aromatic carbocycles. The van der Waals surface area contributed by atoms with E-state index in [9.17, 15) is 19.8 Å². The van der Waals surface area contributed by atoms with Gasteiger partial charge in [0.25, 0.3) is 5.56 Å². The molecule has 0 unspecified atom stereocenters. The standard InChI is InChI=1S/C12H17N3O6/c1-2-3-5-9(13)14-12(20)15(10(5)19)11-8(18)7(17)6(4-16)21-11/h2,6-8,11,16-18H,1,3-4,13H2,(H,14,20)/t6-,7-,8-,11-/m1/s1. The molecule has 21 heavy (non-hydrogen) atoms. The maximum atomic E-state index is 12.3. The summed E-state index contributed by atoms with van der Waals surface area (Å²) in [5.74, 6) is -0.0899. The summed E-state index contributed by atoms with van der Waals surface area (Å²) in [5, 5.41) is 28.6. The van der Waals surface area contributed by atoms with Gasteiger partial charge in [0, 0.05) is 0 Å². The van der Waals surface area contributed by atoms with Gasteiger partial charge >= 0.3 is 5.69 Å². The fraction of sp³-hybridized carbons (Fsp3) is 0.500. The third-order valence-corrected chi connectivity index (χ3v) is 3.38. The highest BCUT2D eigenvalue weighted by atomic mass is 16.6. The van der Waals surface area contributed by atoms with Crippen LogP contribution in [-0.2, 0) is 11.2 Å². The largest absolute Gasteiger partial charge is 0.394 e. The second-order valence-corrected chi connectivity index (χ2v) is 4.72.